The summed E-state index contributed by atoms with van der Waals surface area (Å²) in [4.78, 5) is 9.82. The maximum absolute atomic E-state index is 10.1. The predicted molar refractivity (Wildman–Crippen MR) is 42.1 cm³/mol. The maximum Gasteiger partial charge on any atom is 1.00 e. The van der Waals surface area contributed by atoms with Crippen LogP contribution in [0, 0.1) is 0 Å². The molecule has 3 nitrogen and oxygen atoms in total. The molecular weight excluding hydrogens is 183 g/mol. The second-order valence-electron chi connectivity index (χ2n) is 3.04. The Morgan fingerprint density at radius 2 is 1.67 bits per heavy atom. The van der Waals surface area contributed by atoms with Crippen LogP contribution in [0.25, 0.3) is 0 Å². The number of rotatable bonds is 1. The molecular formula is C8H17KO3. The van der Waals surface area contributed by atoms with E-state index in [1.165, 1.54) is 6.92 Å². The van der Waals surface area contributed by atoms with Gasteiger partial charge in [-0.25, -0.2) is 0 Å². The number of esters is 1. The van der Waals surface area contributed by atoms with Crippen molar-refractivity contribution in [1.29, 1.82) is 0 Å². The molecule has 0 heterocycles. The Bertz CT molecular complexity index is 101. The SMILES string of the molecule is CC(C)(C)[O-].CCOC(C)=O.[K+]. The van der Waals surface area contributed by atoms with Crippen LogP contribution in [0.15, 0.2) is 0 Å². The molecule has 4 heteroatoms. The van der Waals surface area contributed by atoms with Gasteiger partial charge in [0.05, 0.1) is 6.61 Å². The van der Waals surface area contributed by atoms with Crippen LogP contribution in [0.5, 0.6) is 0 Å². The summed E-state index contributed by atoms with van der Waals surface area (Å²) in [5.74, 6) is -0.211. The van der Waals surface area contributed by atoms with E-state index in [0.29, 0.717) is 6.61 Å². The minimum atomic E-state index is -0.750. The Morgan fingerprint density at radius 3 is 1.67 bits per heavy atom. The van der Waals surface area contributed by atoms with E-state index in [0.717, 1.165) is 0 Å². The van der Waals surface area contributed by atoms with Crippen molar-refractivity contribution in [3.8, 4) is 0 Å². The van der Waals surface area contributed by atoms with Gasteiger partial charge in [-0.2, -0.15) is 0 Å². The summed E-state index contributed by atoms with van der Waals surface area (Å²) in [6, 6.07) is 0. The molecule has 0 aliphatic carbocycles. The molecule has 0 aromatic heterocycles. The van der Waals surface area contributed by atoms with Crippen LogP contribution in [0.1, 0.15) is 34.6 Å². The molecule has 0 bridgehead atoms. The van der Waals surface area contributed by atoms with Gasteiger partial charge in [-0.1, -0.05) is 20.8 Å². The first-order chi connectivity index (χ1) is 4.77. The van der Waals surface area contributed by atoms with Crippen molar-refractivity contribution in [3.05, 3.63) is 0 Å². The largest absolute Gasteiger partial charge is 1.00 e. The summed E-state index contributed by atoms with van der Waals surface area (Å²) < 4.78 is 4.40. The van der Waals surface area contributed by atoms with Crippen LogP contribution in [-0.4, -0.2) is 18.2 Å². The molecule has 12 heavy (non-hydrogen) atoms. The van der Waals surface area contributed by atoms with Crippen molar-refractivity contribution >= 4 is 5.97 Å². The quantitative estimate of drug-likeness (QED) is 0.354. The Labute approximate surface area is 117 Å². The van der Waals surface area contributed by atoms with Gasteiger partial charge in [0.25, 0.3) is 0 Å². The monoisotopic (exact) mass is 200 g/mol. The van der Waals surface area contributed by atoms with Crippen molar-refractivity contribution < 1.29 is 66.0 Å². The number of hydrogen-bond acceptors (Lipinski definition) is 3. The minimum absolute atomic E-state index is 0. The van der Waals surface area contributed by atoms with E-state index in [9.17, 15) is 9.90 Å². The first-order valence-electron chi connectivity index (χ1n) is 3.61. The molecule has 0 aromatic carbocycles. The average Bonchev–Trinajstić information content (AvgIpc) is 1.58. The molecule has 0 spiro atoms. The number of hydrogen-bond donors (Lipinski definition) is 0. The fraction of sp³-hybridized carbons (Fsp3) is 0.875. The fourth-order valence-corrected chi connectivity index (χ4v) is 0.203. The molecule has 0 amide bonds. The number of ether oxygens (including phenoxy) is 1. The van der Waals surface area contributed by atoms with E-state index >= 15 is 0 Å². The third kappa shape index (κ3) is 67.8. The smallest absolute Gasteiger partial charge is 0.850 e. The second-order valence-corrected chi connectivity index (χ2v) is 3.04. The van der Waals surface area contributed by atoms with Gasteiger partial charge in [-0.05, 0) is 6.92 Å². The molecule has 0 aliphatic rings. The fourth-order valence-electron chi connectivity index (χ4n) is 0.203. The van der Waals surface area contributed by atoms with Crippen LogP contribution in [0.2, 0.25) is 0 Å². The van der Waals surface area contributed by atoms with Crippen LogP contribution >= 0.6 is 0 Å². The van der Waals surface area contributed by atoms with Crippen LogP contribution in [0.4, 0.5) is 0 Å². The topological polar surface area (TPSA) is 49.4 Å². The average molecular weight is 200 g/mol. The van der Waals surface area contributed by atoms with Gasteiger partial charge in [0, 0.05) is 6.92 Å². The third-order valence-corrected chi connectivity index (χ3v) is 0.348. The summed E-state index contributed by atoms with van der Waals surface area (Å²) in [6.45, 7) is 8.55. The van der Waals surface area contributed by atoms with Crippen molar-refractivity contribution in [2.45, 2.75) is 40.2 Å². The Balaban J connectivity index is -0.000000126. The Morgan fingerprint density at radius 1 is 1.42 bits per heavy atom. The molecule has 0 fully saturated rings. The first-order valence-corrected chi connectivity index (χ1v) is 3.61. The van der Waals surface area contributed by atoms with Gasteiger partial charge in [-0.15, -0.1) is 5.60 Å². The van der Waals surface area contributed by atoms with Gasteiger partial charge < -0.3 is 9.84 Å². The van der Waals surface area contributed by atoms with Gasteiger partial charge >= 0.3 is 57.4 Å². The van der Waals surface area contributed by atoms with Gasteiger partial charge in [-0.3, -0.25) is 4.79 Å². The first kappa shape index (κ1) is 18.8. The number of carbonyl (C=O) groups excluding carboxylic acids is 1. The summed E-state index contributed by atoms with van der Waals surface area (Å²) in [7, 11) is 0. The van der Waals surface area contributed by atoms with Gasteiger partial charge in [0.1, 0.15) is 0 Å². The summed E-state index contributed by atoms with van der Waals surface area (Å²) in [6.07, 6.45) is 0. The van der Waals surface area contributed by atoms with Crippen molar-refractivity contribution in [2.75, 3.05) is 6.61 Å². The molecule has 0 N–H and O–H groups in total. The molecule has 0 saturated heterocycles. The molecule has 0 rings (SSSR count). The third-order valence-electron chi connectivity index (χ3n) is 0.348. The van der Waals surface area contributed by atoms with Crippen LogP contribution in [-0.2, 0) is 9.53 Å². The summed E-state index contributed by atoms with van der Waals surface area (Å²) in [5, 5.41) is 10.1. The second kappa shape index (κ2) is 10.1. The van der Waals surface area contributed by atoms with Crippen LogP contribution in [0.3, 0.4) is 0 Å². The molecule has 0 aliphatic heterocycles. The number of carbonyl (C=O) groups is 1. The zero-order chi connectivity index (χ0) is 9.49. The van der Waals surface area contributed by atoms with Gasteiger partial charge in [0.2, 0.25) is 0 Å². The van der Waals surface area contributed by atoms with Crippen molar-refractivity contribution in [1.82, 2.24) is 0 Å². The van der Waals surface area contributed by atoms with E-state index in [1.807, 2.05) is 0 Å². The van der Waals surface area contributed by atoms with Crippen LogP contribution < -0.4 is 56.5 Å². The molecule has 68 valence electrons. The van der Waals surface area contributed by atoms with E-state index in [-0.39, 0.29) is 57.4 Å². The van der Waals surface area contributed by atoms with E-state index < -0.39 is 5.60 Å². The van der Waals surface area contributed by atoms with E-state index in [2.05, 4.69) is 4.74 Å². The van der Waals surface area contributed by atoms with Gasteiger partial charge in [0.15, 0.2) is 0 Å². The van der Waals surface area contributed by atoms with E-state index in [4.69, 9.17) is 0 Å². The maximum atomic E-state index is 10.1. The minimum Gasteiger partial charge on any atom is -0.850 e. The summed E-state index contributed by atoms with van der Waals surface area (Å²) in [5.41, 5.74) is -0.750. The molecule has 0 radical (unpaired) electrons. The predicted octanol–water partition coefficient (Wildman–Crippen LogP) is -2.28. The van der Waals surface area contributed by atoms with Crippen molar-refractivity contribution in [3.63, 3.8) is 0 Å². The molecule has 0 atom stereocenters. The standard InChI is InChI=1S/C4H8O2.C4H9O.K/c1-3-6-4(2)5;1-4(2,3)5;/h3H2,1-2H3;1-3H3;/q;-1;+1. The summed E-state index contributed by atoms with van der Waals surface area (Å²) >= 11 is 0. The Hall–Kier alpha value is 1.07. The van der Waals surface area contributed by atoms with Crippen molar-refractivity contribution in [2.24, 2.45) is 0 Å². The zero-order valence-electron chi connectivity index (χ0n) is 8.93. The molecule has 0 unspecified atom stereocenters. The molecule has 0 saturated carbocycles. The van der Waals surface area contributed by atoms with E-state index in [1.54, 1.807) is 27.7 Å². The molecule has 0 aromatic rings. The zero-order valence-corrected chi connectivity index (χ0v) is 12.1. The normalized spacial score (nSPS) is 8.83. The Kier molecular flexibility index (Phi) is 15.9.